The molecule has 1 N–H and O–H groups in total. The van der Waals surface area contributed by atoms with E-state index < -0.39 is 8.32 Å². The molecule has 1 fully saturated rings. The van der Waals surface area contributed by atoms with E-state index in [1.165, 1.54) is 11.8 Å². The highest BCUT2D eigenvalue weighted by Crippen LogP contribution is 2.39. The molecule has 0 amide bonds. The molecule has 5 nitrogen and oxygen atoms in total. The van der Waals surface area contributed by atoms with Crippen molar-refractivity contribution in [3.05, 3.63) is 11.8 Å². The van der Waals surface area contributed by atoms with Crippen LogP contribution in [0.5, 0.6) is 0 Å². The van der Waals surface area contributed by atoms with Crippen molar-refractivity contribution in [2.75, 3.05) is 11.6 Å². The number of rotatable bonds is 6. The van der Waals surface area contributed by atoms with Crippen molar-refractivity contribution in [2.45, 2.75) is 75.5 Å². The second-order valence-electron chi connectivity index (χ2n) is 7.93. The molecule has 2 atom stereocenters. The van der Waals surface area contributed by atoms with Crippen LogP contribution >= 0.6 is 11.8 Å². The summed E-state index contributed by atoms with van der Waals surface area (Å²) in [6.45, 7) is 11.4. The molecule has 1 aliphatic carbocycles. The zero-order chi connectivity index (χ0) is 18.0. The van der Waals surface area contributed by atoms with Gasteiger partial charge in [0.1, 0.15) is 5.82 Å². The molecule has 1 aromatic rings. The number of aromatic nitrogens is 2. The summed E-state index contributed by atoms with van der Waals surface area (Å²) in [7, 11) is -1.74. The zero-order valence-electron chi connectivity index (χ0n) is 15.5. The van der Waals surface area contributed by atoms with E-state index in [1.54, 1.807) is 6.20 Å². The van der Waals surface area contributed by atoms with Crippen LogP contribution in [0.1, 0.15) is 50.4 Å². The summed E-state index contributed by atoms with van der Waals surface area (Å²) in [6.07, 6.45) is 7.68. The van der Waals surface area contributed by atoms with Gasteiger partial charge < -0.3 is 9.74 Å². The van der Waals surface area contributed by atoms with E-state index in [9.17, 15) is 4.79 Å². The number of thioether (sulfide) groups is 1. The predicted octanol–water partition coefficient (Wildman–Crippen LogP) is 4.37. The molecule has 1 aromatic heterocycles. The maximum Gasteiger partial charge on any atom is 0.192 e. The van der Waals surface area contributed by atoms with E-state index in [0.717, 1.165) is 25.5 Å². The molecule has 0 aliphatic heterocycles. The van der Waals surface area contributed by atoms with Gasteiger partial charge in [0.15, 0.2) is 19.8 Å². The van der Waals surface area contributed by atoms with E-state index in [2.05, 4.69) is 49.1 Å². The monoisotopic (exact) mass is 367 g/mol. The summed E-state index contributed by atoms with van der Waals surface area (Å²) >= 11 is 1.47. The molecular formula is C17H29N3O2SSi. The first-order valence-corrected chi connectivity index (χ1v) is 12.6. The van der Waals surface area contributed by atoms with Crippen LogP contribution in [-0.4, -0.2) is 43.0 Å². The highest BCUT2D eigenvalue weighted by Gasteiger charge is 2.40. The van der Waals surface area contributed by atoms with Crippen LogP contribution in [0.2, 0.25) is 18.1 Å². The maximum atomic E-state index is 11.2. The Labute approximate surface area is 150 Å². The third-order valence-electron chi connectivity index (χ3n) is 5.10. The average Bonchev–Trinajstić information content (AvgIpc) is 2.92. The van der Waals surface area contributed by atoms with Crippen LogP contribution in [0.25, 0.3) is 0 Å². The largest absolute Gasteiger partial charge is 0.414 e. The molecule has 1 saturated carbocycles. The summed E-state index contributed by atoms with van der Waals surface area (Å²) in [5, 5.41) is 4.33. The third-order valence-corrected chi connectivity index (χ3v) is 10.2. The molecule has 24 heavy (non-hydrogen) atoms. The van der Waals surface area contributed by atoms with Crippen LogP contribution in [0.3, 0.4) is 0 Å². The van der Waals surface area contributed by atoms with E-state index >= 15 is 0 Å². The minimum Gasteiger partial charge on any atom is -0.414 e. The Bertz CT molecular complexity index is 590. The topological polar surface area (TPSA) is 64.1 Å². The van der Waals surface area contributed by atoms with E-state index in [-0.39, 0.29) is 5.04 Å². The number of aldehydes is 1. The fraction of sp³-hybridized carbons (Fsp3) is 0.706. The van der Waals surface area contributed by atoms with Crippen molar-refractivity contribution >= 4 is 32.2 Å². The van der Waals surface area contributed by atoms with Crippen molar-refractivity contribution < 1.29 is 9.22 Å². The first kappa shape index (κ1) is 19.4. The summed E-state index contributed by atoms with van der Waals surface area (Å²) in [4.78, 5) is 19.8. The van der Waals surface area contributed by atoms with Crippen LogP contribution < -0.4 is 5.32 Å². The molecule has 7 heteroatoms. The first-order valence-electron chi connectivity index (χ1n) is 8.47. The predicted molar refractivity (Wildman–Crippen MR) is 103 cm³/mol. The van der Waals surface area contributed by atoms with Crippen LogP contribution in [-0.2, 0) is 4.43 Å². The Morgan fingerprint density at radius 2 is 2.08 bits per heavy atom. The number of carbonyl (C=O) groups is 1. The lowest BCUT2D eigenvalue weighted by Gasteiger charge is -2.38. The summed E-state index contributed by atoms with van der Waals surface area (Å²) < 4.78 is 6.53. The van der Waals surface area contributed by atoms with Gasteiger partial charge in [0, 0.05) is 18.3 Å². The lowest BCUT2D eigenvalue weighted by molar-refractivity contribution is 0.112. The standard InChI is InChI=1S/C17H29N3O2SSi/c1-17(2,3)24(5,6)22-14-8-7-13(9-14)19-15-12(11-21)10-18-16(20-15)23-4/h10-11,13-14H,7-9H2,1-6H3,(H,18,19,20)/t13-,14-/m1/s1. The van der Waals surface area contributed by atoms with Gasteiger partial charge in [0.05, 0.1) is 5.56 Å². The van der Waals surface area contributed by atoms with Gasteiger partial charge in [-0.15, -0.1) is 0 Å². The second kappa shape index (κ2) is 7.54. The normalized spacial score (nSPS) is 21.8. The maximum absolute atomic E-state index is 11.2. The minimum absolute atomic E-state index is 0.225. The van der Waals surface area contributed by atoms with Crippen LogP contribution in [0.15, 0.2) is 11.4 Å². The second-order valence-corrected chi connectivity index (χ2v) is 13.5. The van der Waals surface area contributed by atoms with Gasteiger partial charge in [-0.25, -0.2) is 9.97 Å². The lowest BCUT2D eigenvalue weighted by atomic mass is 10.2. The quantitative estimate of drug-likeness (QED) is 0.349. The number of hydrogen-bond donors (Lipinski definition) is 1. The van der Waals surface area contributed by atoms with Gasteiger partial charge in [-0.3, -0.25) is 4.79 Å². The van der Waals surface area contributed by atoms with Crippen molar-refractivity contribution in [1.82, 2.24) is 9.97 Å². The van der Waals surface area contributed by atoms with E-state index in [0.29, 0.717) is 28.7 Å². The highest BCUT2D eigenvalue weighted by molar-refractivity contribution is 7.98. The fourth-order valence-electron chi connectivity index (χ4n) is 2.64. The van der Waals surface area contributed by atoms with Gasteiger partial charge in [-0.05, 0) is 43.7 Å². The van der Waals surface area contributed by atoms with Crippen molar-refractivity contribution in [2.24, 2.45) is 0 Å². The molecule has 0 spiro atoms. The number of nitrogens with one attached hydrogen (secondary N) is 1. The first-order chi connectivity index (χ1) is 11.2. The lowest BCUT2D eigenvalue weighted by Crippen LogP contribution is -2.43. The average molecular weight is 368 g/mol. The Hall–Kier alpha value is -0.923. The molecule has 0 aromatic carbocycles. The van der Waals surface area contributed by atoms with Crippen molar-refractivity contribution in [3.8, 4) is 0 Å². The summed E-state index contributed by atoms with van der Waals surface area (Å²) in [5.41, 5.74) is 0.515. The van der Waals surface area contributed by atoms with Gasteiger partial charge in [0.2, 0.25) is 0 Å². The molecule has 1 aliphatic rings. The molecular weight excluding hydrogens is 338 g/mol. The number of carbonyl (C=O) groups excluding carboxylic acids is 1. The van der Waals surface area contributed by atoms with E-state index in [4.69, 9.17) is 4.43 Å². The number of hydrogen-bond acceptors (Lipinski definition) is 6. The Balaban J connectivity index is 2.01. The zero-order valence-corrected chi connectivity index (χ0v) is 17.4. The van der Waals surface area contributed by atoms with E-state index in [1.807, 2.05) is 6.26 Å². The molecule has 0 unspecified atom stereocenters. The SMILES string of the molecule is CSc1ncc(C=O)c(N[C@@H]2CC[C@@H](O[Si](C)(C)C(C)(C)C)C2)n1. The fourth-order valence-corrected chi connectivity index (χ4v) is 4.38. The van der Waals surface area contributed by atoms with Crippen molar-refractivity contribution in [1.29, 1.82) is 0 Å². The summed E-state index contributed by atoms with van der Waals surface area (Å²) in [6, 6.07) is 0.295. The number of nitrogens with zero attached hydrogens (tertiary/aromatic N) is 2. The molecule has 0 saturated heterocycles. The Morgan fingerprint density at radius 1 is 1.38 bits per heavy atom. The number of anilines is 1. The molecule has 0 bridgehead atoms. The highest BCUT2D eigenvalue weighted by atomic mass is 32.2. The van der Waals surface area contributed by atoms with Gasteiger partial charge in [-0.2, -0.15) is 0 Å². The van der Waals surface area contributed by atoms with Gasteiger partial charge >= 0.3 is 0 Å². The summed E-state index contributed by atoms with van der Waals surface area (Å²) in [5.74, 6) is 0.641. The Kier molecular flexibility index (Phi) is 6.09. The molecule has 1 heterocycles. The van der Waals surface area contributed by atoms with Gasteiger partial charge in [0.25, 0.3) is 0 Å². The molecule has 134 valence electrons. The van der Waals surface area contributed by atoms with Crippen LogP contribution in [0, 0.1) is 0 Å². The molecule has 0 radical (unpaired) electrons. The third kappa shape index (κ3) is 4.58. The smallest absolute Gasteiger partial charge is 0.192 e. The molecule has 2 rings (SSSR count). The van der Waals surface area contributed by atoms with Crippen LogP contribution in [0.4, 0.5) is 5.82 Å². The minimum atomic E-state index is -1.74. The van der Waals surface area contributed by atoms with Gasteiger partial charge in [-0.1, -0.05) is 32.5 Å². The Morgan fingerprint density at radius 3 is 2.67 bits per heavy atom. The van der Waals surface area contributed by atoms with Crippen molar-refractivity contribution in [3.63, 3.8) is 0 Å².